The van der Waals surface area contributed by atoms with Gasteiger partial charge in [0, 0.05) is 30.4 Å². The zero-order valence-corrected chi connectivity index (χ0v) is 14.3. The number of nitrogens with one attached hydrogen (secondary N) is 2. The summed E-state index contributed by atoms with van der Waals surface area (Å²) in [6, 6.07) is 15.7. The quantitative estimate of drug-likeness (QED) is 0.598. The number of nitro groups is 1. The first-order valence-corrected chi connectivity index (χ1v) is 7.95. The molecule has 7 heteroatoms. The van der Waals surface area contributed by atoms with Gasteiger partial charge in [0.15, 0.2) is 0 Å². The Hall–Kier alpha value is -2.93. The lowest BCUT2D eigenvalue weighted by Crippen LogP contribution is -2.43. The Bertz CT molecular complexity index is 719. The van der Waals surface area contributed by atoms with Gasteiger partial charge < -0.3 is 15.5 Å². The number of amides is 2. The molecule has 7 nitrogen and oxygen atoms in total. The lowest BCUT2D eigenvalue weighted by molar-refractivity contribution is -0.384. The van der Waals surface area contributed by atoms with Gasteiger partial charge in [-0.25, -0.2) is 4.79 Å². The second kappa shape index (κ2) is 8.79. The van der Waals surface area contributed by atoms with E-state index in [9.17, 15) is 14.9 Å². The minimum absolute atomic E-state index is 0.0620. The van der Waals surface area contributed by atoms with Gasteiger partial charge in [-0.05, 0) is 32.1 Å². The molecule has 2 aromatic carbocycles. The van der Waals surface area contributed by atoms with Crippen LogP contribution >= 0.6 is 0 Å². The van der Waals surface area contributed by atoms with Gasteiger partial charge in [-0.3, -0.25) is 10.1 Å². The van der Waals surface area contributed by atoms with Crippen molar-refractivity contribution in [2.75, 3.05) is 26.0 Å². The van der Waals surface area contributed by atoms with Crippen molar-refractivity contribution in [3.63, 3.8) is 0 Å². The molecule has 0 saturated carbocycles. The number of hydrogen-bond acceptors (Lipinski definition) is 4. The van der Waals surface area contributed by atoms with Gasteiger partial charge in [-0.2, -0.15) is 0 Å². The number of nitro benzene ring substituents is 1. The predicted molar refractivity (Wildman–Crippen MR) is 97.7 cm³/mol. The van der Waals surface area contributed by atoms with Crippen molar-refractivity contribution in [3.8, 4) is 0 Å². The molecule has 0 aliphatic rings. The fraction of sp³-hybridized carbons (Fsp3) is 0.278. The summed E-state index contributed by atoms with van der Waals surface area (Å²) < 4.78 is 0. The van der Waals surface area contributed by atoms with Gasteiger partial charge in [0.1, 0.15) is 0 Å². The van der Waals surface area contributed by atoms with Crippen LogP contribution in [0.3, 0.4) is 0 Å². The predicted octanol–water partition coefficient (Wildman–Crippen LogP) is 2.89. The molecule has 0 saturated heterocycles. The molecule has 1 unspecified atom stereocenters. The van der Waals surface area contributed by atoms with E-state index in [1.165, 1.54) is 23.8 Å². The van der Waals surface area contributed by atoms with Crippen molar-refractivity contribution in [1.29, 1.82) is 0 Å². The Balaban J connectivity index is 1.90. The maximum Gasteiger partial charge on any atom is 0.319 e. The summed E-state index contributed by atoms with van der Waals surface area (Å²) >= 11 is 0. The first kappa shape index (κ1) is 18.4. The Morgan fingerprint density at radius 3 is 2.52 bits per heavy atom. The number of carbonyl (C=O) groups is 1. The summed E-state index contributed by atoms with van der Waals surface area (Å²) in [6.07, 6.45) is 0.810. The van der Waals surface area contributed by atoms with E-state index < -0.39 is 4.92 Å². The summed E-state index contributed by atoms with van der Waals surface area (Å²) in [5.74, 6) is 0. The van der Waals surface area contributed by atoms with E-state index in [1.807, 2.05) is 32.3 Å². The van der Waals surface area contributed by atoms with Crippen molar-refractivity contribution in [3.05, 3.63) is 70.3 Å². The minimum Gasteiger partial charge on any atom is -0.336 e. The first-order valence-electron chi connectivity index (χ1n) is 7.95. The third-order valence-corrected chi connectivity index (χ3v) is 3.86. The number of nitrogens with zero attached hydrogens (tertiary/aromatic N) is 2. The van der Waals surface area contributed by atoms with Crippen molar-refractivity contribution >= 4 is 17.4 Å². The maximum atomic E-state index is 12.1. The van der Waals surface area contributed by atoms with Gasteiger partial charge in [0.05, 0.1) is 4.92 Å². The molecule has 0 aliphatic carbocycles. The van der Waals surface area contributed by atoms with Crippen LogP contribution in [0.1, 0.15) is 5.56 Å². The molecule has 0 radical (unpaired) electrons. The Morgan fingerprint density at radius 1 is 1.16 bits per heavy atom. The van der Waals surface area contributed by atoms with Gasteiger partial charge in [-0.1, -0.05) is 36.4 Å². The summed E-state index contributed by atoms with van der Waals surface area (Å²) in [5.41, 5.74) is 1.52. The van der Waals surface area contributed by atoms with Crippen LogP contribution in [0.25, 0.3) is 0 Å². The highest BCUT2D eigenvalue weighted by Crippen LogP contribution is 2.16. The van der Waals surface area contributed by atoms with Crippen LogP contribution in [0, 0.1) is 10.1 Å². The van der Waals surface area contributed by atoms with E-state index in [0.717, 1.165) is 6.42 Å². The summed E-state index contributed by atoms with van der Waals surface area (Å²) in [5, 5.41) is 16.2. The largest absolute Gasteiger partial charge is 0.336 e. The van der Waals surface area contributed by atoms with Crippen LogP contribution in [0.15, 0.2) is 54.6 Å². The first-order chi connectivity index (χ1) is 12.0. The van der Waals surface area contributed by atoms with Gasteiger partial charge in [0.2, 0.25) is 0 Å². The molecular formula is C18H22N4O3. The molecule has 2 aromatic rings. The fourth-order valence-corrected chi connectivity index (χ4v) is 2.41. The third kappa shape index (κ3) is 5.89. The smallest absolute Gasteiger partial charge is 0.319 e. The molecule has 0 heterocycles. The summed E-state index contributed by atoms with van der Waals surface area (Å²) in [7, 11) is 3.93. The van der Waals surface area contributed by atoms with E-state index >= 15 is 0 Å². The van der Waals surface area contributed by atoms with Crippen LogP contribution in [-0.2, 0) is 6.42 Å². The second-order valence-corrected chi connectivity index (χ2v) is 5.95. The molecule has 2 N–H and O–H groups in total. The average molecular weight is 342 g/mol. The Morgan fingerprint density at radius 2 is 1.88 bits per heavy atom. The lowest BCUT2D eigenvalue weighted by Gasteiger charge is -2.24. The molecule has 2 amide bonds. The van der Waals surface area contributed by atoms with E-state index in [1.54, 1.807) is 6.07 Å². The van der Waals surface area contributed by atoms with E-state index in [4.69, 9.17) is 0 Å². The number of non-ortho nitro benzene ring substituents is 1. The zero-order valence-electron chi connectivity index (χ0n) is 14.3. The molecule has 1 atom stereocenters. The molecule has 0 aromatic heterocycles. The molecule has 2 rings (SSSR count). The topological polar surface area (TPSA) is 87.5 Å². The minimum atomic E-state index is -0.495. The van der Waals surface area contributed by atoms with E-state index in [0.29, 0.717) is 12.2 Å². The highest BCUT2D eigenvalue weighted by atomic mass is 16.6. The fourth-order valence-electron chi connectivity index (χ4n) is 2.41. The molecule has 0 bridgehead atoms. The van der Waals surface area contributed by atoms with Crippen LogP contribution in [0.5, 0.6) is 0 Å². The monoisotopic (exact) mass is 342 g/mol. The Kier molecular flexibility index (Phi) is 6.47. The van der Waals surface area contributed by atoms with Crippen molar-refractivity contribution in [2.45, 2.75) is 12.5 Å². The zero-order chi connectivity index (χ0) is 18.2. The van der Waals surface area contributed by atoms with E-state index in [-0.39, 0.29) is 17.8 Å². The summed E-state index contributed by atoms with van der Waals surface area (Å²) in [6.45, 7) is 0.461. The number of hydrogen-bond donors (Lipinski definition) is 2. The molecule has 25 heavy (non-hydrogen) atoms. The molecule has 0 aliphatic heterocycles. The molecule has 132 valence electrons. The number of benzene rings is 2. The average Bonchev–Trinajstić information content (AvgIpc) is 2.59. The Labute approximate surface area is 146 Å². The van der Waals surface area contributed by atoms with E-state index in [2.05, 4.69) is 27.7 Å². The van der Waals surface area contributed by atoms with Crippen LogP contribution in [0.2, 0.25) is 0 Å². The van der Waals surface area contributed by atoms with Gasteiger partial charge in [0.25, 0.3) is 5.69 Å². The normalized spacial score (nSPS) is 11.8. The highest BCUT2D eigenvalue weighted by molar-refractivity contribution is 5.89. The second-order valence-electron chi connectivity index (χ2n) is 5.95. The molecule has 0 spiro atoms. The summed E-state index contributed by atoms with van der Waals surface area (Å²) in [4.78, 5) is 24.4. The van der Waals surface area contributed by atoms with Crippen LogP contribution in [-0.4, -0.2) is 42.5 Å². The van der Waals surface area contributed by atoms with Gasteiger partial charge in [-0.15, -0.1) is 0 Å². The molecular weight excluding hydrogens is 320 g/mol. The number of anilines is 1. The maximum absolute atomic E-state index is 12.1. The van der Waals surface area contributed by atoms with Crippen molar-refractivity contribution < 1.29 is 9.72 Å². The number of likely N-dealkylation sites (N-methyl/N-ethyl adjacent to an activating group) is 1. The van der Waals surface area contributed by atoms with Crippen molar-refractivity contribution in [1.82, 2.24) is 10.2 Å². The standard InChI is InChI=1S/C18H22N4O3/c1-21(2)17(11-14-7-4-3-5-8-14)13-19-18(23)20-15-9-6-10-16(12-15)22(24)25/h3-10,12,17H,11,13H2,1-2H3,(H2,19,20,23). The third-order valence-electron chi connectivity index (χ3n) is 3.86. The highest BCUT2D eigenvalue weighted by Gasteiger charge is 2.14. The van der Waals surface area contributed by atoms with Gasteiger partial charge >= 0.3 is 6.03 Å². The molecule has 0 fully saturated rings. The SMILES string of the molecule is CN(C)C(CNC(=O)Nc1cccc([N+](=O)[O-])c1)Cc1ccccc1. The number of carbonyl (C=O) groups excluding carboxylic acids is 1. The van der Waals surface area contributed by atoms with Crippen LogP contribution in [0.4, 0.5) is 16.2 Å². The number of urea groups is 1. The van der Waals surface area contributed by atoms with Crippen LogP contribution < -0.4 is 10.6 Å². The van der Waals surface area contributed by atoms with Crippen molar-refractivity contribution in [2.24, 2.45) is 0 Å². The lowest BCUT2D eigenvalue weighted by atomic mass is 10.1. The number of rotatable bonds is 7.